The number of hydrogen-bond acceptors (Lipinski definition) is 7. The van der Waals surface area contributed by atoms with Gasteiger partial charge in [0.2, 0.25) is 5.91 Å². The van der Waals surface area contributed by atoms with Crippen LogP contribution in [0.4, 0.5) is 10.8 Å². The summed E-state index contributed by atoms with van der Waals surface area (Å²) in [6.07, 6.45) is 0. The molecule has 0 spiro atoms. The fourth-order valence-electron chi connectivity index (χ4n) is 2.46. The molecule has 2 amide bonds. The van der Waals surface area contributed by atoms with Crippen LogP contribution in [0.3, 0.4) is 0 Å². The molecule has 1 atom stereocenters. The minimum Gasteiger partial charge on any atom is -0.497 e. The maximum Gasteiger partial charge on any atom is 0.271 e. The summed E-state index contributed by atoms with van der Waals surface area (Å²) < 4.78 is 10.7. The Hall–Kier alpha value is -3.59. The van der Waals surface area contributed by atoms with Crippen LogP contribution in [0.25, 0.3) is 0 Å². The maximum absolute atomic E-state index is 12.7. The highest BCUT2D eigenvalue weighted by Crippen LogP contribution is 2.23. The normalized spacial score (nSPS) is 12.5. The molecule has 0 radical (unpaired) electrons. The zero-order chi connectivity index (χ0) is 21.6. The average molecular weight is 426 g/mol. The van der Waals surface area contributed by atoms with Crippen LogP contribution in [0.1, 0.15) is 17.4 Å². The van der Waals surface area contributed by atoms with E-state index in [2.05, 4.69) is 15.6 Å². The van der Waals surface area contributed by atoms with Gasteiger partial charge in [-0.25, -0.2) is 4.98 Å². The van der Waals surface area contributed by atoms with Gasteiger partial charge < -0.3 is 25.8 Å². The number of methoxy groups -OCH3 is 1. The molecule has 0 saturated heterocycles. The van der Waals surface area contributed by atoms with Crippen molar-refractivity contribution in [2.45, 2.75) is 12.5 Å². The summed E-state index contributed by atoms with van der Waals surface area (Å²) in [6.45, 7) is 1.40. The van der Waals surface area contributed by atoms with E-state index >= 15 is 0 Å². The molecule has 8 nitrogen and oxygen atoms in total. The van der Waals surface area contributed by atoms with Crippen molar-refractivity contribution >= 4 is 34.0 Å². The van der Waals surface area contributed by atoms with Crippen molar-refractivity contribution in [2.75, 3.05) is 19.0 Å². The molecular formula is C21H22N4O4S. The van der Waals surface area contributed by atoms with Crippen LogP contribution in [0.5, 0.6) is 11.5 Å². The fraction of sp³-hybridized carbons (Fsp3) is 0.190. The summed E-state index contributed by atoms with van der Waals surface area (Å²) in [4.78, 5) is 28.9. The molecule has 1 aromatic heterocycles. The lowest BCUT2D eigenvalue weighted by molar-refractivity contribution is -0.124. The topological polar surface area (TPSA) is 116 Å². The number of carbonyl (C=O) groups excluding carboxylic acids is 2. The predicted molar refractivity (Wildman–Crippen MR) is 115 cm³/mol. The SMILES string of the molecule is COc1ccc(Nc2nc(C(=O)NC(C)(COc3ccccc3)C(N)=O)cs2)cc1. The van der Waals surface area contributed by atoms with E-state index in [1.165, 1.54) is 18.3 Å². The molecule has 0 aliphatic carbocycles. The first-order chi connectivity index (χ1) is 14.4. The van der Waals surface area contributed by atoms with Gasteiger partial charge in [-0.05, 0) is 43.3 Å². The summed E-state index contributed by atoms with van der Waals surface area (Å²) in [5.74, 6) is 0.0765. The Kier molecular flexibility index (Phi) is 6.53. The Bertz CT molecular complexity index is 1010. The molecule has 3 aromatic rings. The Morgan fingerprint density at radius 1 is 1.10 bits per heavy atom. The standard InChI is InChI=1S/C21H22N4O4S/c1-21(19(22)27,13-29-16-6-4-3-5-7-16)25-18(26)17-12-30-20(24-17)23-14-8-10-15(28-2)11-9-14/h3-12H,13H2,1-2H3,(H2,22,27)(H,23,24)(H,25,26). The number of para-hydroxylation sites is 1. The van der Waals surface area contributed by atoms with Gasteiger partial charge >= 0.3 is 0 Å². The van der Waals surface area contributed by atoms with Crippen LogP contribution in [0, 0.1) is 0 Å². The van der Waals surface area contributed by atoms with Gasteiger partial charge in [-0.15, -0.1) is 11.3 Å². The van der Waals surface area contributed by atoms with Crippen LogP contribution in [0.15, 0.2) is 60.0 Å². The van der Waals surface area contributed by atoms with Gasteiger partial charge in [0.1, 0.15) is 23.8 Å². The minimum atomic E-state index is -1.40. The highest BCUT2D eigenvalue weighted by atomic mass is 32.1. The minimum absolute atomic E-state index is 0.112. The molecule has 0 bridgehead atoms. The quantitative estimate of drug-likeness (QED) is 0.485. The van der Waals surface area contributed by atoms with Crippen molar-refractivity contribution in [1.82, 2.24) is 10.3 Å². The summed E-state index contributed by atoms with van der Waals surface area (Å²) in [7, 11) is 1.60. The zero-order valence-electron chi connectivity index (χ0n) is 16.5. The van der Waals surface area contributed by atoms with Crippen LogP contribution in [0.2, 0.25) is 0 Å². The molecule has 9 heteroatoms. The van der Waals surface area contributed by atoms with Crippen LogP contribution < -0.4 is 25.8 Å². The molecule has 0 aliphatic heterocycles. The van der Waals surface area contributed by atoms with Gasteiger partial charge in [0.15, 0.2) is 10.7 Å². The third-order valence-electron chi connectivity index (χ3n) is 4.28. The van der Waals surface area contributed by atoms with E-state index in [0.29, 0.717) is 10.9 Å². The largest absolute Gasteiger partial charge is 0.497 e. The van der Waals surface area contributed by atoms with Gasteiger partial charge in [0, 0.05) is 11.1 Å². The van der Waals surface area contributed by atoms with Crippen molar-refractivity contribution in [3.8, 4) is 11.5 Å². The Morgan fingerprint density at radius 2 is 1.80 bits per heavy atom. The number of anilines is 2. The molecule has 156 valence electrons. The van der Waals surface area contributed by atoms with Gasteiger partial charge in [-0.3, -0.25) is 9.59 Å². The zero-order valence-corrected chi connectivity index (χ0v) is 17.4. The summed E-state index contributed by atoms with van der Waals surface area (Å²) in [6, 6.07) is 16.3. The molecule has 0 fully saturated rings. The van der Waals surface area contributed by atoms with Gasteiger partial charge in [-0.2, -0.15) is 0 Å². The van der Waals surface area contributed by atoms with Crippen LogP contribution in [-0.2, 0) is 4.79 Å². The number of nitrogens with zero attached hydrogens (tertiary/aromatic N) is 1. The predicted octanol–water partition coefficient (Wildman–Crippen LogP) is 2.95. The van der Waals surface area contributed by atoms with Crippen molar-refractivity contribution in [3.05, 3.63) is 65.7 Å². The number of hydrogen-bond donors (Lipinski definition) is 3. The first-order valence-corrected chi connectivity index (χ1v) is 9.94. The number of aromatic nitrogens is 1. The van der Waals surface area contributed by atoms with E-state index in [0.717, 1.165) is 11.4 Å². The number of carbonyl (C=O) groups is 2. The van der Waals surface area contributed by atoms with E-state index < -0.39 is 17.4 Å². The fourth-order valence-corrected chi connectivity index (χ4v) is 3.17. The first kappa shape index (κ1) is 21.1. The first-order valence-electron chi connectivity index (χ1n) is 9.06. The molecule has 2 aromatic carbocycles. The third kappa shape index (κ3) is 5.26. The molecule has 1 heterocycles. The monoisotopic (exact) mass is 426 g/mol. The Morgan fingerprint density at radius 3 is 2.43 bits per heavy atom. The molecule has 0 saturated carbocycles. The van der Waals surface area contributed by atoms with Crippen molar-refractivity contribution in [2.24, 2.45) is 5.73 Å². The highest BCUT2D eigenvalue weighted by molar-refractivity contribution is 7.14. The van der Waals surface area contributed by atoms with Crippen molar-refractivity contribution < 1.29 is 19.1 Å². The number of thiazole rings is 1. The second-order valence-corrected chi connectivity index (χ2v) is 7.50. The molecule has 30 heavy (non-hydrogen) atoms. The second-order valence-electron chi connectivity index (χ2n) is 6.64. The van der Waals surface area contributed by atoms with Gasteiger partial charge in [0.25, 0.3) is 5.91 Å². The third-order valence-corrected chi connectivity index (χ3v) is 5.04. The summed E-state index contributed by atoms with van der Waals surface area (Å²) in [5.41, 5.74) is 5.09. The smallest absolute Gasteiger partial charge is 0.271 e. The van der Waals surface area contributed by atoms with E-state index in [1.54, 1.807) is 24.6 Å². The van der Waals surface area contributed by atoms with E-state index in [1.807, 2.05) is 42.5 Å². The Balaban J connectivity index is 1.65. The maximum atomic E-state index is 12.7. The second kappa shape index (κ2) is 9.27. The lowest BCUT2D eigenvalue weighted by Crippen LogP contribution is -2.59. The summed E-state index contributed by atoms with van der Waals surface area (Å²) >= 11 is 1.27. The number of nitrogens with one attached hydrogen (secondary N) is 2. The number of rotatable bonds is 9. The van der Waals surface area contributed by atoms with E-state index in [4.69, 9.17) is 15.2 Å². The van der Waals surface area contributed by atoms with E-state index in [9.17, 15) is 9.59 Å². The van der Waals surface area contributed by atoms with Crippen LogP contribution in [-0.4, -0.2) is 36.1 Å². The number of amides is 2. The number of primary amides is 1. The number of benzene rings is 2. The molecule has 1 unspecified atom stereocenters. The van der Waals surface area contributed by atoms with Gasteiger partial charge in [-0.1, -0.05) is 18.2 Å². The van der Waals surface area contributed by atoms with E-state index in [-0.39, 0.29) is 12.3 Å². The van der Waals surface area contributed by atoms with Crippen LogP contribution >= 0.6 is 11.3 Å². The molecule has 0 aliphatic rings. The average Bonchev–Trinajstić information content (AvgIpc) is 3.22. The highest BCUT2D eigenvalue weighted by Gasteiger charge is 2.35. The lowest BCUT2D eigenvalue weighted by atomic mass is 10.0. The number of nitrogens with two attached hydrogens (primary N) is 1. The Labute approximate surface area is 178 Å². The van der Waals surface area contributed by atoms with Crippen molar-refractivity contribution in [3.63, 3.8) is 0 Å². The van der Waals surface area contributed by atoms with Gasteiger partial charge in [0.05, 0.1) is 7.11 Å². The van der Waals surface area contributed by atoms with Crippen molar-refractivity contribution in [1.29, 1.82) is 0 Å². The molecule has 4 N–H and O–H groups in total. The molecule has 3 rings (SSSR count). The molecular weight excluding hydrogens is 404 g/mol. The summed E-state index contributed by atoms with van der Waals surface area (Å²) in [5, 5.41) is 7.88. The number of ether oxygens (including phenoxy) is 2. The lowest BCUT2D eigenvalue weighted by Gasteiger charge is -2.27.